The fourth-order valence-corrected chi connectivity index (χ4v) is 3.34. The number of anilines is 1. The lowest BCUT2D eigenvalue weighted by Gasteiger charge is -2.29. The average molecular weight is 288 g/mol. The molecule has 1 atom stereocenters. The van der Waals surface area contributed by atoms with Crippen LogP contribution < -0.4 is 4.90 Å². The molecule has 2 aliphatic heterocycles. The van der Waals surface area contributed by atoms with Crippen LogP contribution in [0.25, 0.3) is 0 Å². The lowest BCUT2D eigenvalue weighted by atomic mass is 10.0. The van der Waals surface area contributed by atoms with E-state index in [2.05, 4.69) is 17.0 Å². The zero-order valence-corrected chi connectivity index (χ0v) is 12.5. The number of piperidine rings is 1. The summed E-state index contributed by atoms with van der Waals surface area (Å²) in [4.78, 5) is 16.4. The van der Waals surface area contributed by atoms with Crippen molar-refractivity contribution in [2.24, 2.45) is 0 Å². The molecule has 4 nitrogen and oxygen atoms in total. The second kappa shape index (κ2) is 6.58. The van der Waals surface area contributed by atoms with Crippen molar-refractivity contribution >= 4 is 11.6 Å². The van der Waals surface area contributed by atoms with E-state index in [9.17, 15) is 9.90 Å². The van der Waals surface area contributed by atoms with Crippen molar-refractivity contribution < 1.29 is 9.90 Å². The number of carbonyl (C=O) groups is 1. The number of aliphatic hydroxyl groups is 1. The van der Waals surface area contributed by atoms with Crippen LogP contribution >= 0.6 is 0 Å². The molecular weight excluding hydrogens is 264 g/mol. The second-order valence-corrected chi connectivity index (χ2v) is 6.12. The Kier molecular flexibility index (Phi) is 4.56. The summed E-state index contributed by atoms with van der Waals surface area (Å²) < 4.78 is 0. The molecule has 2 heterocycles. The zero-order valence-electron chi connectivity index (χ0n) is 12.5. The number of nitrogens with zero attached hydrogens (tertiary/aromatic N) is 2. The van der Waals surface area contributed by atoms with Gasteiger partial charge in [-0.15, -0.1) is 0 Å². The number of para-hydroxylation sites is 1. The third-order valence-electron chi connectivity index (χ3n) is 4.55. The Labute approximate surface area is 126 Å². The van der Waals surface area contributed by atoms with Crippen LogP contribution in [-0.2, 0) is 11.2 Å². The van der Waals surface area contributed by atoms with Crippen LogP contribution in [0.15, 0.2) is 24.3 Å². The largest absolute Gasteiger partial charge is 0.392 e. The standard InChI is InChI=1S/C17H24N2O2/c20-15-9-12-18(13-15)11-8-14-5-1-2-6-16(14)19-10-4-3-7-17(19)21/h1-2,5-6,15,20H,3-4,7-13H2. The van der Waals surface area contributed by atoms with Crippen LogP contribution in [0.2, 0.25) is 0 Å². The molecule has 3 rings (SSSR count). The maximum Gasteiger partial charge on any atom is 0.226 e. The third kappa shape index (κ3) is 3.44. The zero-order chi connectivity index (χ0) is 14.7. The number of aliphatic hydroxyl groups excluding tert-OH is 1. The summed E-state index contributed by atoms with van der Waals surface area (Å²) >= 11 is 0. The van der Waals surface area contributed by atoms with E-state index in [0.717, 1.165) is 57.5 Å². The van der Waals surface area contributed by atoms with E-state index in [4.69, 9.17) is 0 Å². The molecule has 1 N–H and O–H groups in total. The van der Waals surface area contributed by atoms with Crippen LogP contribution in [-0.4, -0.2) is 48.2 Å². The molecule has 1 unspecified atom stereocenters. The van der Waals surface area contributed by atoms with Gasteiger partial charge in [0.15, 0.2) is 0 Å². The normalized spacial score (nSPS) is 23.8. The fourth-order valence-electron chi connectivity index (χ4n) is 3.34. The topological polar surface area (TPSA) is 43.8 Å². The molecule has 1 amide bonds. The Morgan fingerprint density at radius 1 is 1.19 bits per heavy atom. The molecule has 1 aromatic rings. The monoisotopic (exact) mass is 288 g/mol. The SMILES string of the molecule is O=C1CCCCN1c1ccccc1CCN1CCC(O)C1. The summed E-state index contributed by atoms with van der Waals surface area (Å²) in [5.74, 6) is 0.255. The molecule has 21 heavy (non-hydrogen) atoms. The Hall–Kier alpha value is -1.39. The maximum atomic E-state index is 12.1. The molecule has 0 saturated carbocycles. The van der Waals surface area contributed by atoms with E-state index in [1.165, 1.54) is 5.56 Å². The highest BCUT2D eigenvalue weighted by Crippen LogP contribution is 2.25. The van der Waals surface area contributed by atoms with E-state index in [0.29, 0.717) is 6.42 Å². The summed E-state index contributed by atoms with van der Waals surface area (Å²) in [5.41, 5.74) is 2.33. The van der Waals surface area contributed by atoms with Crippen molar-refractivity contribution in [3.8, 4) is 0 Å². The highest BCUT2D eigenvalue weighted by Gasteiger charge is 2.23. The number of likely N-dealkylation sites (tertiary alicyclic amines) is 1. The van der Waals surface area contributed by atoms with Gasteiger partial charge >= 0.3 is 0 Å². The van der Waals surface area contributed by atoms with Crippen molar-refractivity contribution in [1.82, 2.24) is 4.90 Å². The first-order chi connectivity index (χ1) is 10.2. The first-order valence-electron chi connectivity index (χ1n) is 8.03. The van der Waals surface area contributed by atoms with Crippen molar-refractivity contribution in [1.29, 1.82) is 0 Å². The van der Waals surface area contributed by atoms with Gasteiger partial charge in [0.05, 0.1) is 6.10 Å². The van der Waals surface area contributed by atoms with E-state index in [1.807, 2.05) is 17.0 Å². The van der Waals surface area contributed by atoms with Gasteiger partial charge in [-0.25, -0.2) is 0 Å². The van der Waals surface area contributed by atoms with Crippen LogP contribution in [0.4, 0.5) is 5.69 Å². The van der Waals surface area contributed by atoms with E-state index in [1.54, 1.807) is 0 Å². The molecule has 114 valence electrons. The van der Waals surface area contributed by atoms with Crippen molar-refractivity contribution in [2.45, 2.75) is 38.2 Å². The van der Waals surface area contributed by atoms with E-state index >= 15 is 0 Å². The van der Waals surface area contributed by atoms with Gasteiger partial charge in [0.25, 0.3) is 0 Å². The molecule has 2 fully saturated rings. The van der Waals surface area contributed by atoms with E-state index in [-0.39, 0.29) is 12.0 Å². The fraction of sp³-hybridized carbons (Fsp3) is 0.588. The molecule has 0 aromatic heterocycles. The number of hydrogen-bond donors (Lipinski definition) is 1. The Morgan fingerprint density at radius 2 is 2.05 bits per heavy atom. The number of β-amino-alcohol motifs (C(OH)–C–C–N with tert-alkyl or cyclic N) is 1. The van der Waals surface area contributed by atoms with Crippen molar-refractivity contribution in [3.63, 3.8) is 0 Å². The summed E-state index contributed by atoms with van der Waals surface area (Å²) in [6.45, 7) is 3.56. The Morgan fingerprint density at radius 3 is 2.81 bits per heavy atom. The Balaban J connectivity index is 1.68. The number of carbonyl (C=O) groups excluding carboxylic acids is 1. The minimum atomic E-state index is -0.163. The number of amides is 1. The third-order valence-corrected chi connectivity index (χ3v) is 4.55. The van der Waals surface area contributed by atoms with Gasteiger partial charge in [-0.3, -0.25) is 4.79 Å². The smallest absolute Gasteiger partial charge is 0.226 e. The van der Waals surface area contributed by atoms with Crippen molar-refractivity contribution in [3.05, 3.63) is 29.8 Å². The van der Waals surface area contributed by atoms with Gasteiger partial charge in [-0.2, -0.15) is 0 Å². The molecule has 0 spiro atoms. The summed E-state index contributed by atoms with van der Waals surface area (Å²) in [6, 6.07) is 8.26. The minimum absolute atomic E-state index is 0.163. The highest BCUT2D eigenvalue weighted by atomic mass is 16.3. The van der Waals surface area contributed by atoms with Gasteiger partial charge in [0.1, 0.15) is 0 Å². The summed E-state index contributed by atoms with van der Waals surface area (Å²) in [7, 11) is 0. The predicted octanol–water partition coefficient (Wildman–Crippen LogP) is 1.81. The maximum absolute atomic E-state index is 12.1. The van der Waals surface area contributed by atoms with E-state index < -0.39 is 0 Å². The minimum Gasteiger partial charge on any atom is -0.392 e. The first-order valence-corrected chi connectivity index (χ1v) is 8.03. The van der Waals surface area contributed by atoms with Gasteiger partial charge in [0.2, 0.25) is 5.91 Å². The summed E-state index contributed by atoms with van der Waals surface area (Å²) in [5, 5.41) is 9.60. The molecule has 1 aromatic carbocycles. The van der Waals surface area contributed by atoms with Crippen molar-refractivity contribution in [2.75, 3.05) is 31.1 Å². The lowest BCUT2D eigenvalue weighted by molar-refractivity contribution is -0.119. The van der Waals surface area contributed by atoms with Crippen LogP contribution in [0, 0.1) is 0 Å². The summed E-state index contributed by atoms with van der Waals surface area (Å²) in [6.07, 6.45) is 4.44. The van der Waals surface area contributed by atoms with Crippen LogP contribution in [0.5, 0.6) is 0 Å². The van der Waals surface area contributed by atoms with Gasteiger partial charge in [0, 0.05) is 38.3 Å². The average Bonchev–Trinajstić information content (AvgIpc) is 2.92. The van der Waals surface area contributed by atoms with Crippen LogP contribution in [0.3, 0.4) is 0 Å². The molecule has 2 saturated heterocycles. The number of rotatable bonds is 4. The highest BCUT2D eigenvalue weighted by molar-refractivity contribution is 5.94. The molecule has 4 heteroatoms. The second-order valence-electron chi connectivity index (χ2n) is 6.12. The quantitative estimate of drug-likeness (QED) is 0.919. The first kappa shape index (κ1) is 14.5. The predicted molar refractivity (Wildman–Crippen MR) is 83.4 cm³/mol. The van der Waals surface area contributed by atoms with Gasteiger partial charge < -0.3 is 14.9 Å². The molecule has 0 radical (unpaired) electrons. The molecular formula is C17H24N2O2. The lowest BCUT2D eigenvalue weighted by Crippen LogP contribution is -2.36. The van der Waals surface area contributed by atoms with Crippen LogP contribution in [0.1, 0.15) is 31.2 Å². The van der Waals surface area contributed by atoms with Gasteiger partial charge in [-0.1, -0.05) is 18.2 Å². The molecule has 0 aliphatic carbocycles. The van der Waals surface area contributed by atoms with Gasteiger partial charge in [-0.05, 0) is 37.3 Å². The number of hydrogen-bond acceptors (Lipinski definition) is 3. The molecule has 0 bridgehead atoms. The molecule has 2 aliphatic rings. The number of benzene rings is 1. The Bertz CT molecular complexity index is 503.